The van der Waals surface area contributed by atoms with E-state index in [-0.39, 0.29) is 63.0 Å². The Hall–Kier alpha value is -1.96. The Morgan fingerprint density at radius 3 is 1.70 bits per heavy atom. The molecule has 0 aliphatic carbocycles. The van der Waals surface area contributed by atoms with Gasteiger partial charge in [0.15, 0.2) is 0 Å². The third-order valence-corrected chi connectivity index (χ3v) is 2.30. The van der Waals surface area contributed by atoms with Crippen LogP contribution in [0, 0.1) is 0 Å². The molecule has 114 valence electrons. The predicted octanol–water partition coefficient (Wildman–Crippen LogP) is -1.95. The zero-order valence-corrected chi connectivity index (χ0v) is 11.4. The molecule has 0 radical (unpaired) electrons. The van der Waals surface area contributed by atoms with Crippen LogP contribution in [-0.2, 0) is 19.2 Å². The summed E-state index contributed by atoms with van der Waals surface area (Å²) in [6.45, 7) is 1.05. The average Bonchev–Trinajstić information content (AvgIpc) is 2.39. The molecular formula is C12H22N4O4. The van der Waals surface area contributed by atoms with Gasteiger partial charge < -0.3 is 26.5 Å². The van der Waals surface area contributed by atoms with E-state index in [0.29, 0.717) is 6.54 Å². The highest BCUT2D eigenvalue weighted by molar-refractivity contribution is 5.80. The quantitative estimate of drug-likeness (QED) is 0.259. The molecule has 8 heteroatoms. The molecule has 0 saturated carbocycles. The largest absolute Gasteiger partial charge is 0.356 e. The Morgan fingerprint density at radius 1 is 0.800 bits per heavy atom. The SMILES string of the molecule is NCCC(=O)NCCC(=O)NCCC(=O)NCCC=O. The fourth-order valence-electron chi connectivity index (χ4n) is 1.30. The lowest BCUT2D eigenvalue weighted by atomic mass is 10.3. The van der Waals surface area contributed by atoms with Gasteiger partial charge in [0.05, 0.1) is 0 Å². The van der Waals surface area contributed by atoms with Crippen LogP contribution in [0.5, 0.6) is 0 Å². The fraction of sp³-hybridized carbons (Fsp3) is 0.667. The molecule has 3 amide bonds. The lowest BCUT2D eigenvalue weighted by molar-refractivity contribution is -0.122. The minimum absolute atomic E-state index is 0.156. The molecule has 0 saturated heterocycles. The van der Waals surface area contributed by atoms with E-state index in [4.69, 9.17) is 5.73 Å². The van der Waals surface area contributed by atoms with Crippen molar-refractivity contribution in [1.82, 2.24) is 16.0 Å². The molecule has 20 heavy (non-hydrogen) atoms. The van der Waals surface area contributed by atoms with E-state index >= 15 is 0 Å². The van der Waals surface area contributed by atoms with Crippen molar-refractivity contribution >= 4 is 24.0 Å². The molecule has 0 aromatic heterocycles. The molecule has 0 atom stereocenters. The van der Waals surface area contributed by atoms with Crippen LogP contribution in [0.2, 0.25) is 0 Å². The maximum atomic E-state index is 11.4. The Morgan fingerprint density at radius 2 is 1.25 bits per heavy atom. The zero-order chi connectivity index (χ0) is 15.2. The number of hydrogen-bond donors (Lipinski definition) is 4. The lowest BCUT2D eigenvalue weighted by Gasteiger charge is -2.06. The Labute approximate surface area is 117 Å². The smallest absolute Gasteiger partial charge is 0.221 e. The summed E-state index contributed by atoms with van der Waals surface area (Å²) in [7, 11) is 0. The van der Waals surface area contributed by atoms with Gasteiger partial charge in [-0.25, -0.2) is 0 Å². The highest BCUT2D eigenvalue weighted by atomic mass is 16.2. The van der Waals surface area contributed by atoms with E-state index in [9.17, 15) is 19.2 Å². The second-order valence-electron chi connectivity index (χ2n) is 4.04. The Bertz CT molecular complexity index is 333. The van der Waals surface area contributed by atoms with Crippen molar-refractivity contribution in [3.8, 4) is 0 Å². The van der Waals surface area contributed by atoms with Gasteiger partial charge in [-0.15, -0.1) is 0 Å². The fourth-order valence-corrected chi connectivity index (χ4v) is 1.30. The minimum atomic E-state index is -0.237. The van der Waals surface area contributed by atoms with Crippen molar-refractivity contribution in [2.24, 2.45) is 5.73 Å². The number of nitrogens with two attached hydrogens (primary N) is 1. The van der Waals surface area contributed by atoms with Crippen LogP contribution in [0.3, 0.4) is 0 Å². The maximum absolute atomic E-state index is 11.4. The van der Waals surface area contributed by atoms with Crippen LogP contribution < -0.4 is 21.7 Å². The van der Waals surface area contributed by atoms with Crippen LogP contribution in [0.15, 0.2) is 0 Å². The number of rotatable bonds is 11. The van der Waals surface area contributed by atoms with Gasteiger partial charge in [0.1, 0.15) is 6.29 Å². The van der Waals surface area contributed by atoms with Gasteiger partial charge in [0, 0.05) is 51.9 Å². The van der Waals surface area contributed by atoms with E-state index in [1.165, 1.54) is 0 Å². The zero-order valence-electron chi connectivity index (χ0n) is 11.4. The lowest BCUT2D eigenvalue weighted by Crippen LogP contribution is -2.34. The summed E-state index contributed by atoms with van der Waals surface area (Å²) in [5, 5.41) is 7.66. The number of carbonyl (C=O) groups is 4. The van der Waals surface area contributed by atoms with Gasteiger partial charge in [0.2, 0.25) is 17.7 Å². The maximum Gasteiger partial charge on any atom is 0.221 e. The molecule has 0 aliphatic rings. The Balaban J connectivity index is 3.51. The molecule has 0 aromatic rings. The number of aldehydes is 1. The van der Waals surface area contributed by atoms with Crippen LogP contribution in [0.1, 0.15) is 25.7 Å². The van der Waals surface area contributed by atoms with E-state index in [1.54, 1.807) is 0 Å². The molecule has 0 rings (SSSR count). The minimum Gasteiger partial charge on any atom is -0.356 e. The van der Waals surface area contributed by atoms with Crippen molar-refractivity contribution in [3.05, 3.63) is 0 Å². The van der Waals surface area contributed by atoms with Crippen molar-refractivity contribution in [1.29, 1.82) is 0 Å². The molecule has 0 unspecified atom stereocenters. The highest BCUT2D eigenvalue weighted by Crippen LogP contribution is 1.83. The second-order valence-corrected chi connectivity index (χ2v) is 4.04. The molecule has 0 heterocycles. The summed E-state index contributed by atoms with van der Waals surface area (Å²) >= 11 is 0. The van der Waals surface area contributed by atoms with E-state index < -0.39 is 0 Å². The van der Waals surface area contributed by atoms with Crippen LogP contribution in [0.25, 0.3) is 0 Å². The van der Waals surface area contributed by atoms with Crippen molar-refractivity contribution in [3.63, 3.8) is 0 Å². The van der Waals surface area contributed by atoms with Gasteiger partial charge in [-0.05, 0) is 0 Å². The van der Waals surface area contributed by atoms with Gasteiger partial charge in [0.25, 0.3) is 0 Å². The van der Waals surface area contributed by atoms with Gasteiger partial charge in [-0.2, -0.15) is 0 Å². The van der Waals surface area contributed by atoms with E-state index in [2.05, 4.69) is 16.0 Å². The first kappa shape index (κ1) is 18.0. The number of amides is 3. The third-order valence-electron chi connectivity index (χ3n) is 2.30. The monoisotopic (exact) mass is 286 g/mol. The highest BCUT2D eigenvalue weighted by Gasteiger charge is 2.05. The molecule has 0 aliphatic heterocycles. The Kier molecular flexibility index (Phi) is 10.9. The standard InChI is InChI=1S/C12H22N4O4/c13-5-2-10(18)15-7-4-12(20)16-8-3-11(19)14-6-1-9-17/h9H,1-8,13H2,(H,14,19)(H,15,18)(H,16,20). The van der Waals surface area contributed by atoms with E-state index in [1.807, 2.05) is 0 Å². The molecule has 8 nitrogen and oxygen atoms in total. The third kappa shape index (κ3) is 11.1. The normalized spacial score (nSPS) is 9.65. The van der Waals surface area contributed by atoms with Crippen LogP contribution in [-0.4, -0.2) is 50.2 Å². The number of carbonyl (C=O) groups excluding carboxylic acids is 4. The van der Waals surface area contributed by atoms with Crippen molar-refractivity contribution in [2.75, 3.05) is 26.2 Å². The summed E-state index contributed by atoms with van der Waals surface area (Å²) in [4.78, 5) is 43.7. The number of nitrogens with one attached hydrogen (secondary N) is 3. The van der Waals surface area contributed by atoms with E-state index in [0.717, 1.165) is 6.29 Å². The summed E-state index contributed by atoms with van der Waals surface area (Å²) < 4.78 is 0. The molecular weight excluding hydrogens is 264 g/mol. The number of hydrogen-bond acceptors (Lipinski definition) is 5. The molecule has 0 fully saturated rings. The summed E-state index contributed by atoms with van der Waals surface area (Å²) in [6.07, 6.45) is 1.55. The summed E-state index contributed by atoms with van der Waals surface area (Å²) in [5.41, 5.74) is 5.20. The average molecular weight is 286 g/mol. The first-order chi connectivity index (χ1) is 9.60. The topological polar surface area (TPSA) is 130 Å². The molecule has 0 bridgehead atoms. The van der Waals surface area contributed by atoms with Gasteiger partial charge in [-0.1, -0.05) is 0 Å². The van der Waals surface area contributed by atoms with Gasteiger partial charge in [-0.3, -0.25) is 14.4 Å². The summed E-state index contributed by atoms with van der Waals surface area (Å²) in [5.74, 6) is -0.642. The van der Waals surface area contributed by atoms with Gasteiger partial charge >= 0.3 is 0 Å². The first-order valence-electron chi connectivity index (χ1n) is 6.54. The van der Waals surface area contributed by atoms with Crippen molar-refractivity contribution in [2.45, 2.75) is 25.7 Å². The molecule has 0 aromatic carbocycles. The summed E-state index contributed by atoms with van der Waals surface area (Å²) in [6, 6.07) is 0. The predicted molar refractivity (Wildman–Crippen MR) is 72.6 cm³/mol. The first-order valence-corrected chi connectivity index (χ1v) is 6.54. The molecule has 0 spiro atoms. The van der Waals surface area contributed by atoms with Crippen LogP contribution in [0.4, 0.5) is 0 Å². The second kappa shape index (κ2) is 12.1. The molecule has 5 N–H and O–H groups in total. The van der Waals surface area contributed by atoms with Crippen LogP contribution >= 0.6 is 0 Å². The van der Waals surface area contributed by atoms with Crippen molar-refractivity contribution < 1.29 is 19.2 Å².